The first-order valence-corrected chi connectivity index (χ1v) is 12.2. The standard InChI is InChI=1S/2C13H15F3N2O/c2*14-13(15,16)12(19)18-11-8-17-7-6-10(11)9-4-2-1-3-5-9/h2*1-5,10-11,17H,6-8H2,(H,18,19)/t2*10-,11-/m10/s1. The molecule has 2 aliphatic heterocycles. The smallest absolute Gasteiger partial charge is 0.344 e. The fourth-order valence-corrected chi connectivity index (χ4v) is 4.72. The molecule has 0 spiro atoms. The third kappa shape index (κ3) is 8.45. The molecule has 0 bridgehead atoms. The minimum absolute atomic E-state index is 0.0891. The minimum atomic E-state index is -4.83. The van der Waals surface area contributed by atoms with Crippen LogP contribution >= 0.6 is 0 Å². The number of benzene rings is 2. The Morgan fingerprint density at radius 1 is 0.632 bits per heavy atom. The molecule has 4 N–H and O–H groups in total. The summed E-state index contributed by atoms with van der Waals surface area (Å²) in [5.74, 6) is -3.92. The van der Waals surface area contributed by atoms with Crippen LogP contribution in [0.1, 0.15) is 35.8 Å². The second-order valence-electron chi connectivity index (χ2n) is 9.18. The van der Waals surface area contributed by atoms with E-state index in [1.165, 1.54) is 0 Å². The molecule has 0 aliphatic carbocycles. The summed E-state index contributed by atoms with van der Waals surface area (Å²) in [6, 6.07) is 17.5. The van der Waals surface area contributed by atoms with Crippen molar-refractivity contribution < 1.29 is 35.9 Å². The zero-order chi connectivity index (χ0) is 27.8. The van der Waals surface area contributed by atoms with Gasteiger partial charge in [0.1, 0.15) is 0 Å². The van der Waals surface area contributed by atoms with Gasteiger partial charge in [0.25, 0.3) is 0 Å². The molecule has 208 valence electrons. The number of halogens is 6. The van der Waals surface area contributed by atoms with E-state index in [1.54, 1.807) is 0 Å². The summed E-state index contributed by atoms with van der Waals surface area (Å²) < 4.78 is 73.8. The van der Waals surface area contributed by atoms with E-state index in [-0.39, 0.29) is 11.8 Å². The number of carbonyl (C=O) groups excluding carboxylic acids is 2. The number of piperidine rings is 2. The van der Waals surface area contributed by atoms with Crippen molar-refractivity contribution in [2.24, 2.45) is 0 Å². The van der Waals surface area contributed by atoms with Crippen LogP contribution in [0.4, 0.5) is 26.3 Å². The lowest BCUT2D eigenvalue weighted by Crippen LogP contribution is -2.53. The highest BCUT2D eigenvalue weighted by Crippen LogP contribution is 2.28. The summed E-state index contributed by atoms with van der Waals surface area (Å²) >= 11 is 0. The molecule has 0 saturated carbocycles. The van der Waals surface area contributed by atoms with Gasteiger partial charge < -0.3 is 21.3 Å². The first-order valence-electron chi connectivity index (χ1n) is 12.2. The van der Waals surface area contributed by atoms with Gasteiger partial charge in [-0.25, -0.2) is 0 Å². The van der Waals surface area contributed by atoms with Gasteiger partial charge in [0, 0.05) is 37.0 Å². The van der Waals surface area contributed by atoms with E-state index in [1.807, 2.05) is 60.7 Å². The lowest BCUT2D eigenvalue weighted by Gasteiger charge is -2.33. The Kier molecular flexibility index (Phi) is 10.1. The van der Waals surface area contributed by atoms with Crippen LogP contribution in [-0.4, -0.2) is 62.4 Å². The fraction of sp³-hybridized carbons (Fsp3) is 0.462. The van der Waals surface area contributed by atoms with Gasteiger partial charge in [-0.15, -0.1) is 0 Å². The molecule has 4 atom stereocenters. The predicted octanol–water partition coefficient (Wildman–Crippen LogP) is 3.62. The van der Waals surface area contributed by atoms with Crippen LogP contribution in [0.15, 0.2) is 60.7 Å². The topological polar surface area (TPSA) is 82.3 Å². The number of rotatable bonds is 4. The van der Waals surface area contributed by atoms with E-state index in [0.29, 0.717) is 25.9 Å². The van der Waals surface area contributed by atoms with Crippen molar-refractivity contribution in [2.45, 2.75) is 49.1 Å². The molecule has 38 heavy (non-hydrogen) atoms. The van der Waals surface area contributed by atoms with Crippen LogP contribution in [0.5, 0.6) is 0 Å². The second-order valence-corrected chi connectivity index (χ2v) is 9.18. The molecular weight excluding hydrogens is 514 g/mol. The van der Waals surface area contributed by atoms with Crippen LogP contribution in [0.3, 0.4) is 0 Å². The molecule has 2 fully saturated rings. The zero-order valence-corrected chi connectivity index (χ0v) is 20.4. The van der Waals surface area contributed by atoms with Crippen LogP contribution in [-0.2, 0) is 9.59 Å². The molecule has 2 aromatic carbocycles. The lowest BCUT2D eigenvalue weighted by molar-refractivity contribution is -0.174. The van der Waals surface area contributed by atoms with Gasteiger partial charge in [-0.3, -0.25) is 9.59 Å². The van der Waals surface area contributed by atoms with Gasteiger partial charge in [0.15, 0.2) is 0 Å². The van der Waals surface area contributed by atoms with E-state index in [0.717, 1.165) is 24.2 Å². The van der Waals surface area contributed by atoms with Crippen molar-refractivity contribution in [1.29, 1.82) is 0 Å². The Labute approximate surface area is 216 Å². The monoisotopic (exact) mass is 544 g/mol. The highest BCUT2D eigenvalue weighted by Gasteiger charge is 2.42. The molecule has 2 saturated heterocycles. The summed E-state index contributed by atoms with van der Waals surface area (Å²) in [5, 5.41) is 10.2. The van der Waals surface area contributed by atoms with Crippen molar-refractivity contribution in [3.63, 3.8) is 0 Å². The van der Waals surface area contributed by atoms with Crippen molar-refractivity contribution in [1.82, 2.24) is 21.3 Å². The molecule has 0 radical (unpaired) electrons. The maximum atomic E-state index is 12.3. The molecule has 0 unspecified atom stereocenters. The summed E-state index contributed by atoms with van der Waals surface area (Å²) in [5.41, 5.74) is 1.91. The van der Waals surface area contributed by atoms with Crippen LogP contribution in [0.2, 0.25) is 0 Å². The SMILES string of the molecule is O=C(N[C@@H]1CNCC[C@@H]1c1ccccc1)C(F)(F)F.O=C(N[C@H]1CNCC[C@H]1c1ccccc1)C(F)(F)F. The molecule has 6 nitrogen and oxygen atoms in total. The Morgan fingerprint density at radius 2 is 0.974 bits per heavy atom. The summed E-state index contributed by atoms with van der Waals surface area (Å²) in [4.78, 5) is 22.1. The number of carbonyl (C=O) groups is 2. The molecule has 12 heteroatoms. The average Bonchev–Trinajstić information content (AvgIpc) is 2.89. The number of hydrogen-bond acceptors (Lipinski definition) is 4. The number of hydrogen-bond donors (Lipinski definition) is 4. The molecule has 2 aromatic rings. The van der Waals surface area contributed by atoms with Gasteiger partial charge >= 0.3 is 24.2 Å². The molecule has 0 aromatic heterocycles. The number of amides is 2. The summed E-state index contributed by atoms with van der Waals surface area (Å²) in [6.07, 6.45) is -8.27. The normalized spacial score (nSPS) is 23.9. The fourth-order valence-electron chi connectivity index (χ4n) is 4.72. The van der Waals surface area contributed by atoms with E-state index >= 15 is 0 Å². The Bertz CT molecular complexity index is 950. The number of nitrogens with one attached hydrogen (secondary N) is 4. The maximum absolute atomic E-state index is 12.3. The van der Waals surface area contributed by atoms with Gasteiger partial charge in [0.2, 0.25) is 0 Å². The Morgan fingerprint density at radius 3 is 1.29 bits per heavy atom. The molecule has 4 rings (SSSR count). The van der Waals surface area contributed by atoms with Crippen molar-refractivity contribution in [3.05, 3.63) is 71.8 Å². The molecule has 2 amide bonds. The Hall–Kier alpha value is -3.12. The van der Waals surface area contributed by atoms with Gasteiger partial charge in [-0.2, -0.15) is 26.3 Å². The molecule has 2 heterocycles. The molecule has 2 aliphatic rings. The predicted molar refractivity (Wildman–Crippen MR) is 129 cm³/mol. The zero-order valence-electron chi connectivity index (χ0n) is 20.4. The average molecular weight is 545 g/mol. The van der Waals surface area contributed by atoms with Crippen LogP contribution in [0.25, 0.3) is 0 Å². The maximum Gasteiger partial charge on any atom is 0.471 e. The summed E-state index contributed by atoms with van der Waals surface area (Å²) in [7, 11) is 0. The third-order valence-corrected chi connectivity index (χ3v) is 6.57. The van der Waals surface area contributed by atoms with Crippen molar-refractivity contribution >= 4 is 11.8 Å². The van der Waals surface area contributed by atoms with Crippen molar-refractivity contribution in [2.75, 3.05) is 26.2 Å². The minimum Gasteiger partial charge on any atom is -0.344 e. The highest BCUT2D eigenvalue weighted by molar-refractivity contribution is 5.82. The first-order chi connectivity index (χ1) is 18.0. The van der Waals surface area contributed by atoms with Gasteiger partial charge in [-0.05, 0) is 37.1 Å². The Balaban J connectivity index is 0.000000211. The highest BCUT2D eigenvalue weighted by atomic mass is 19.4. The van der Waals surface area contributed by atoms with Crippen LogP contribution < -0.4 is 21.3 Å². The van der Waals surface area contributed by atoms with E-state index in [4.69, 9.17) is 0 Å². The summed E-state index contributed by atoms with van der Waals surface area (Å²) in [6.45, 7) is 2.17. The number of alkyl halides is 6. The lowest BCUT2D eigenvalue weighted by atomic mass is 9.86. The van der Waals surface area contributed by atoms with E-state index in [9.17, 15) is 35.9 Å². The van der Waals surface area contributed by atoms with Gasteiger partial charge in [-0.1, -0.05) is 60.7 Å². The quantitative estimate of drug-likeness (QED) is 0.444. The van der Waals surface area contributed by atoms with E-state index in [2.05, 4.69) is 21.3 Å². The van der Waals surface area contributed by atoms with Crippen LogP contribution in [0, 0.1) is 0 Å². The van der Waals surface area contributed by atoms with Crippen molar-refractivity contribution in [3.8, 4) is 0 Å². The largest absolute Gasteiger partial charge is 0.471 e. The second kappa shape index (κ2) is 13.1. The van der Waals surface area contributed by atoms with E-state index < -0.39 is 36.3 Å². The molecular formula is C26H30F6N4O2. The van der Waals surface area contributed by atoms with Gasteiger partial charge in [0.05, 0.1) is 0 Å². The first kappa shape index (κ1) is 29.4. The third-order valence-electron chi connectivity index (χ3n) is 6.57.